The zero-order valence-corrected chi connectivity index (χ0v) is 9.88. The Hall–Kier alpha value is -0.0800. The van der Waals surface area contributed by atoms with E-state index in [0.29, 0.717) is 6.04 Å². The number of hydrazine groups is 1. The molecule has 2 aliphatic rings. The van der Waals surface area contributed by atoms with Gasteiger partial charge in [0.15, 0.2) is 0 Å². The second kappa shape index (κ2) is 5.86. The van der Waals surface area contributed by atoms with Crippen molar-refractivity contribution in [2.75, 3.05) is 0 Å². The highest BCUT2D eigenvalue weighted by Gasteiger charge is 2.26. The molecule has 2 nitrogen and oxygen atoms in total. The van der Waals surface area contributed by atoms with Crippen LogP contribution in [0.2, 0.25) is 0 Å². The highest BCUT2D eigenvalue weighted by molar-refractivity contribution is 4.81. The molecule has 2 rings (SSSR count). The van der Waals surface area contributed by atoms with Gasteiger partial charge in [0.05, 0.1) is 0 Å². The van der Waals surface area contributed by atoms with Crippen molar-refractivity contribution in [3.63, 3.8) is 0 Å². The Balaban J connectivity index is 1.70. The van der Waals surface area contributed by atoms with Crippen molar-refractivity contribution in [3.8, 4) is 0 Å². The molecule has 15 heavy (non-hydrogen) atoms. The largest absolute Gasteiger partial charge is 0.271 e. The third-order valence-electron chi connectivity index (χ3n) is 4.14. The van der Waals surface area contributed by atoms with Crippen molar-refractivity contribution in [1.29, 1.82) is 0 Å². The molecule has 1 atom stereocenters. The number of hydrogen-bond donors (Lipinski definition) is 2. The van der Waals surface area contributed by atoms with Crippen molar-refractivity contribution in [3.05, 3.63) is 0 Å². The molecule has 0 aliphatic heterocycles. The number of rotatable bonds is 5. The maximum absolute atomic E-state index is 5.66. The molecule has 0 aromatic carbocycles. The van der Waals surface area contributed by atoms with Gasteiger partial charge in [-0.2, -0.15) is 0 Å². The Morgan fingerprint density at radius 1 is 0.867 bits per heavy atom. The molecular weight excluding hydrogens is 184 g/mol. The molecule has 88 valence electrons. The lowest BCUT2D eigenvalue weighted by Crippen LogP contribution is -2.37. The molecule has 2 heteroatoms. The van der Waals surface area contributed by atoms with Crippen LogP contribution >= 0.6 is 0 Å². The van der Waals surface area contributed by atoms with Crippen LogP contribution in [0.3, 0.4) is 0 Å². The summed E-state index contributed by atoms with van der Waals surface area (Å²) in [5.41, 5.74) is 3.04. The first kappa shape index (κ1) is 11.4. The number of hydrogen-bond acceptors (Lipinski definition) is 2. The predicted molar refractivity (Wildman–Crippen MR) is 64.3 cm³/mol. The molecule has 1 unspecified atom stereocenters. The fraction of sp³-hybridized carbons (Fsp3) is 1.00. The van der Waals surface area contributed by atoms with Crippen LogP contribution in [0.1, 0.15) is 64.2 Å². The summed E-state index contributed by atoms with van der Waals surface area (Å²) in [7, 11) is 0. The summed E-state index contributed by atoms with van der Waals surface area (Å²) in [6.45, 7) is 0. The first-order chi connectivity index (χ1) is 7.38. The molecule has 0 saturated heterocycles. The molecule has 0 spiro atoms. The van der Waals surface area contributed by atoms with E-state index in [9.17, 15) is 0 Å². The minimum atomic E-state index is 0.598. The Morgan fingerprint density at radius 3 is 1.87 bits per heavy atom. The van der Waals surface area contributed by atoms with E-state index in [1.165, 1.54) is 64.2 Å². The molecule has 0 aromatic rings. The van der Waals surface area contributed by atoms with Crippen LogP contribution < -0.4 is 11.3 Å². The molecule has 0 aromatic heterocycles. The Morgan fingerprint density at radius 2 is 1.40 bits per heavy atom. The van der Waals surface area contributed by atoms with Crippen LogP contribution in [0.25, 0.3) is 0 Å². The van der Waals surface area contributed by atoms with Crippen molar-refractivity contribution in [1.82, 2.24) is 5.43 Å². The second-order valence-electron chi connectivity index (χ2n) is 5.64. The molecule has 3 N–H and O–H groups in total. The summed E-state index contributed by atoms with van der Waals surface area (Å²) in [5, 5.41) is 0. The molecule has 2 fully saturated rings. The van der Waals surface area contributed by atoms with Gasteiger partial charge in [-0.3, -0.25) is 11.3 Å². The SMILES string of the molecule is NNC(CC1CCCCCC1)CC1CC1. The summed E-state index contributed by atoms with van der Waals surface area (Å²) < 4.78 is 0. The summed E-state index contributed by atoms with van der Waals surface area (Å²) in [5.74, 6) is 7.60. The normalized spacial score (nSPS) is 26.2. The fourth-order valence-electron chi connectivity index (χ4n) is 2.99. The van der Waals surface area contributed by atoms with Gasteiger partial charge in [-0.05, 0) is 24.7 Å². The van der Waals surface area contributed by atoms with Gasteiger partial charge in [0, 0.05) is 6.04 Å². The highest BCUT2D eigenvalue weighted by Crippen LogP contribution is 2.35. The van der Waals surface area contributed by atoms with E-state index in [1.54, 1.807) is 0 Å². The standard InChI is InChI=1S/C13H26N2/c14-15-13(10-12-7-8-12)9-11-5-3-1-2-4-6-11/h11-13,15H,1-10,14H2. The minimum absolute atomic E-state index is 0.598. The molecule has 0 radical (unpaired) electrons. The summed E-state index contributed by atoms with van der Waals surface area (Å²) in [4.78, 5) is 0. The lowest BCUT2D eigenvalue weighted by Gasteiger charge is -2.21. The first-order valence-electron chi connectivity index (χ1n) is 6.84. The molecule has 2 aliphatic carbocycles. The smallest absolute Gasteiger partial charge is 0.0215 e. The maximum atomic E-state index is 5.66. The van der Waals surface area contributed by atoms with E-state index in [-0.39, 0.29) is 0 Å². The zero-order chi connectivity index (χ0) is 10.5. The summed E-state index contributed by atoms with van der Waals surface area (Å²) in [6.07, 6.45) is 14.3. The third kappa shape index (κ3) is 4.12. The molecular formula is C13H26N2. The summed E-state index contributed by atoms with van der Waals surface area (Å²) >= 11 is 0. The van der Waals surface area contributed by atoms with Gasteiger partial charge in [0.1, 0.15) is 0 Å². The van der Waals surface area contributed by atoms with E-state index in [4.69, 9.17) is 5.84 Å². The summed E-state index contributed by atoms with van der Waals surface area (Å²) in [6, 6.07) is 0.598. The van der Waals surface area contributed by atoms with Crippen LogP contribution in [0.4, 0.5) is 0 Å². The predicted octanol–water partition coefficient (Wildman–Crippen LogP) is 2.98. The van der Waals surface area contributed by atoms with Gasteiger partial charge in [-0.15, -0.1) is 0 Å². The van der Waals surface area contributed by atoms with Gasteiger partial charge in [0.25, 0.3) is 0 Å². The topological polar surface area (TPSA) is 38.0 Å². The zero-order valence-electron chi connectivity index (χ0n) is 9.88. The van der Waals surface area contributed by atoms with E-state index in [2.05, 4.69) is 5.43 Å². The lowest BCUT2D eigenvalue weighted by atomic mass is 9.91. The van der Waals surface area contributed by atoms with Gasteiger partial charge >= 0.3 is 0 Å². The number of nitrogens with two attached hydrogens (primary N) is 1. The molecule has 0 amide bonds. The average molecular weight is 210 g/mol. The fourth-order valence-corrected chi connectivity index (χ4v) is 2.99. The molecule has 0 bridgehead atoms. The second-order valence-corrected chi connectivity index (χ2v) is 5.64. The van der Waals surface area contributed by atoms with Gasteiger partial charge in [-0.25, -0.2) is 0 Å². The van der Waals surface area contributed by atoms with Crippen molar-refractivity contribution >= 4 is 0 Å². The van der Waals surface area contributed by atoms with E-state index >= 15 is 0 Å². The first-order valence-corrected chi connectivity index (χ1v) is 6.84. The molecule has 0 heterocycles. The van der Waals surface area contributed by atoms with Gasteiger partial charge in [-0.1, -0.05) is 51.4 Å². The maximum Gasteiger partial charge on any atom is 0.0215 e. The van der Waals surface area contributed by atoms with Crippen molar-refractivity contribution in [2.24, 2.45) is 17.7 Å². The Labute approximate surface area is 94.0 Å². The van der Waals surface area contributed by atoms with Crippen molar-refractivity contribution in [2.45, 2.75) is 70.3 Å². The van der Waals surface area contributed by atoms with Crippen LogP contribution in [0.5, 0.6) is 0 Å². The highest BCUT2D eigenvalue weighted by atomic mass is 15.2. The van der Waals surface area contributed by atoms with Crippen LogP contribution in [-0.4, -0.2) is 6.04 Å². The monoisotopic (exact) mass is 210 g/mol. The van der Waals surface area contributed by atoms with Gasteiger partial charge < -0.3 is 0 Å². The Bertz CT molecular complexity index is 169. The molecule has 2 saturated carbocycles. The van der Waals surface area contributed by atoms with Crippen LogP contribution in [-0.2, 0) is 0 Å². The quantitative estimate of drug-likeness (QED) is 0.416. The average Bonchev–Trinajstić information content (AvgIpc) is 3.04. The van der Waals surface area contributed by atoms with Crippen molar-refractivity contribution < 1.29 is 0 Å². The van der Waals surface area contributed by atoms with Gasteiger partial charge in [0.2, 0.25) is 0 Å². The van der Waals surface area contributed by atoms with E-state index in [0.717, 1.165) is 11.8 Å². The minimum Gasteiger partial charge on any atom is -0.271 e. The Kier molecular flexibility index (Phi) is 4.45. The van der Waals surface area contributed by atoms with Crippen LogP contribution in [0.15, 0.2) is 0 Å². The van der Waals surface area contributed by atoms with E-state index in [1.807, 2.05) is 0 Å². The third-order valence-corrected chi connectivity index (χ3v) is 4.14. The van der Waals surface area contributed by atoms with E-state index < -0.39 is 0 Å². The lowest BCUT2D eigenvalue weighted by molar-refractivity contribution is 0.333. The number of nitrogens with one attached hydrogen (secondary N) is 1. The van der Waals surface area contributed by atoms with Crippen LogP contribution in [0, 0.1) is 11.8 Å².